The fraction of sp³-hybridized carbons (Fsp3) is 0.667. The van der Waals surface area contributed by atoms with Crippen LogP contribution in [0, 0.1) is 0 Å². The molecule has 2 atom stereocenters. The highest BCUT2D eigenvalue weighted by Crippen LogP contribution is 2.43. The smallest absolute Gasteiger partial charge is 0.232 e. The zero-order valence-corrected chi connectivity index (χ0v) is 18.8. The van der Waals surface area contributed by atoms with Crippen LogP contribution in [0.4, 0.5) is 0 Å². The van der Waals surface area contributed by atoms with Crippen molar-refractivity contribution in [1.29, 1.82) is 0 Å². The molecule has 3 aliphatic heterocycles. The predicted octanol–water partition coefficient (Wildman–Crippen LogP) is 1.94. The van der Waals surface area contributed by atoms with E-state index in [1.165, 1.54) is 0 Å². The number of nitrogens with zero attached hydrogens (tertiary/aromatic N) is 2. The molecule has 1 aromatic carbocycles. The van der Waals surface area contributed by atoms with E-state index >= 15 is 0 Å². The molecule has 0 aliphatic carbocycles. The largest absolute Gasteiger partial charge is 0.497 e. The van der Waals surface area contributed by atoms with E-state index in [2.05, 4.69) is 17.3 Å². The van der Waals surface area contributed by atoms with Gasteiger partial charge < -0.3 is 24.6 Å². The Kier molecular flexibility index (Phi) is 6.82. The van der Waals surface area contributed by atoms with Crippen molar-refractivity contribution >= 4 is 11.8 Å². The number of fused-ring (bicyclic) bond motifs is 1. The van der Waals surface area contributed by atoms with Gasteiger partial charge in [0.2, 0.25) is 11.8 Å². The zero-order valence-electron chi connectivity index (χ0n) is 18.8. The van der Waals surface area contributed by atoms with E-state index in [0.717, 1.165) is 50.1 Å². The third-order valence-corrected chi connectivity index (χ3v) is 7.16. The molecule has 0 radical (unpaired) electrons. The summed E-state index contributed by atoms with van der Waals surface area (Å²) in [4.78, 5) is 30.0. The average molecular weight is 430 g/mol. The van der Waals surface area contributed by atoms with Crippen molar-refractivity contribution < 1.29 is 19.1 Å². The van der Waals surface area contributed by atoms with Crippen molar-refractivity contribution in [3.8, 4) is 5.75 Å². The molecule has 1 aromatic rings. The van der Waals surface area contributed by atoms with Crippen molar-refractivity contribution in [2.24, 2.45) is 0 Å². The van der Waals surface area contributed by atoms with Gasteiger partial charge >= 0.3 is 0 Å². The van der Waals surface area contributed by atoms with Crippen LogP contribution < -0.4 is 10.1 Å². The zero-order chi connectivity index (χ0) is 21.8. The SMILES string of the molecule is COc1cccc([C@]2(C(=O)NCCCOC3CCN(C)CC3)C[C@@H]3CCC(=O)N3C2)c1. The molecule has 0 saturated carbocycles. The number of amides is 2. The second-order valence-electron chi connectivity index (χ2n) is 9.22. The van der Waals surface area contributed by atoms with Crippen LogP contribution in [0.2, 0.25) is 0 Å². The average Bonchev–Trinajstić information content (AvgIpc) is 3.34. The molecule has 170 valence electrons. The first-order valence-electron chi connectivity index (χ1n) is 11.5. The molecule has 0 bridgehead atoms. The van der Waals surface area contributed by atoms with Crippen LogP contribution in [-0.2, 0) is 19.7 Å². The van der Waals surface area contributed by atoms with Crippen LogP contribution in [-0.4, -0.2) is 80.7 Å². The summed E-state index contributed by atoms with van der Waals surface area (Å²) in [5.74, 6) is 0.894. The maximum atomic E-state index is 13.5. The summed E-state index contributed by atoms with van der Waals surface area (Å²) < 4.78 is 11.4. The first-order chi connectivity index (χ1) is 15.0. The quantitative estimate of drug-likeness (QED) is 0.640. The lowest BCUT2D eigenvalue weighted by atomic mass is 9.76. The Morgan fingerprint density at radius 1 is 1.26 bits per heavy atom. The number of nitrogens with one attached hydrogen (secondary N) is 1. The van der Waals surface area contributed by atoms with Crippen LogP contribution in [0.3, 0.4) is 0 Å². The molecule has 2 amide bonds. The summed E-state index contributed by atoms with van der Waals surface area (Å²) in [5.41, 5.74) is 0.207. The maximum absolute atomic E-state index is 13.5. The van der Waals surface area contributed by atoms with E-state index in [4.69, 9.17) is 9.47 Å². The van der Waals surface area contributed by atoms with Crippen LogP contribution >= 0.6 is 0 Å². The molecule has 7 nitrogen and oxygen atoms in total. The lowest BCUT2D eigenvalue weighted by Gasteiger charge is -2.30. The van der Waals surface area contributed by atoms with Crippen LogP contribution in [0.15, 0.2) is 24.3 Å². The van der Waals surface area contributed by atoms with Gasteiger partial charge in [0.1, 0.15) is 5.75 Å². The molecule has 3 aliphatic rings. The highest BCUT2D eigenvalue weighted by molar-refractivity contribution is 5.91. The lowest BCUT2D eigenvalue weighted by molar-refractivity contribution is -0.129. The normalized spacial score (nSPS) is 26.8. The number of carbonyl (C=O) groups excluding carboxylic acids is 2. The Hall–Kier alpha value is -2.12. The summed E-state index contributed by atoms with van der Waals surface area (Å²) in [6.07, 6.45) is 5.38. The van der Waals surface area contributed by atoms with Gasteiger partial charge in [-0.15, -0.1) is 0 Å². The molecule has 3 saturated heterocycles. The fourth-order valence-corrected chi connectivity index (χ4v) is 5.25. The molecule has 1 N–H and O–H groups in total. The van der Waals surface area contributed by atoms with E-state index in [9.17, 15) is 9.59 Å². The summed E-state index contributed by atoms with van der Waals surface area (Å²) in [5, 5.41) is 3.14. The third-order valence-electron chi connectivity index (χ3n) is 7.16. The molecular formula is C24H35N3O4. The molecule has 0 unspecified atom stereocenters. The predicted molar refractivity (Wildman–Crippen MR) is 118 cm³/mol. The summed E-state index contributed by atoms with van der Waals surface area (Å²) in [6, 6.07) is 7.88. The number of methoxy groups -OCH3 is 1. The number of ether oxygens (including phenoxy) is 2. The van der Waals surface area contributed by atoms with Gasteiger partial charge in [-0.25, -0.2) is 0 Å². The number of benzene rings is 1. The monoisotopic (exact) mass is 429 g/mol. The number of likely N-dealkylation sites (tertiary alicyclic amines) is 1. The summed E-state index contributed by atoms with van der Waals surface area (Å²) in [7, 11) is 3.78. The van der Waals surface area contributed by atoms with Gasteiger partial charge in [-0.05, 0) is 56.8 Å². The molecule has 3 fully saturated rings. The summed E-state index contributed by atoms with van der Waals surface area (Å²) >= 11 is 0. The Bertz CT molecular complexity index is 793. The number of rotatable bonds is 8. The molecular weight excluding hydrogens is 394 g/mol. The standard InChI is InChI=1S/C24H35N3O4/c1-26-12-9-20(10-13-26)31-14-4-11-25-23(29)24(18-5-3-6-21(15-18)30-2)16-19-7-8-22(28)27(19)17-24/h3,5-6,15,19-20H,4,7-14,16-17H2,1-2H3,(H,25,29)/t19-,24-/m0/s1. The fourth-order valence-electron chi connectivity index (χ4n) is 5.25. The van der Waals surface area contributed by atoms with Crippen molar-refractivity contribution in [3.05, 3.63) is 29.8 Å². The Morgan fingerprint density at radius 3 is 2.81 bits per heavy atom. The second kappa shape index (κ2) is 9.57. The van der Waals surface area contributed by atoms with E-state index in [-0.39, 0.29) is 17.9 Å². The molecule has 3 heterocycles. The van der Waals surface area contributed by atoms with Crippen molar-refractivity contribution in [2.75, 3.05) is 46.9 Å². The third kappa shape index (κ3) is 4.72. The van der Waals surface area contributed by atoms with Crippen molar-refractivity contribution in [1.82, 2.24) is 15.1 Å². The Labute approximate surface area is 185 Å². The number of carbonyl (C=O) groups is 2. The molecule has 0 aromatic heterocycles. The summed E-state index contributed by atoms with van der Waals surface area (Å²) in [6.45, 7) is 3.85. The highest BCUT2D eigenvalue weighted by Gasteiger charge is 2.53. The minimum Gasteiger partial charge on any atom is -0.497 e. The van der Waals surface area contributed by atoms with E-state index in [1.807, 2.05) is 29.2 Å². The maximum Gasteiger partial charge on any atom is 0.232 e. The van der Waals surface area contributed by atoms with Gasteiger partial charge in [-0.2, -0.15) is 0 Å². The highest BCUT2D eigenvalue weighted by atomic mass is 16.5. The molecule has 7 heteroatoms. The first kappa shape index (κ1) is 22.1. The van der Waals surface area contributed by atoms with E-state index < -0.39 is 5.41 Å². The number of hydrogen-bond acceptors (Lipinski definition) is 5. The van der Waals surface area contributed by atoms with Crippen LogP contribution in [0.1, 0.15) is 44.1 Å². The van der Waals surface area contributed by atoms with Crippen molar-refractivity contribution in [2.45, 2.75) is 56.1 Å². The lowest BCUT2D eigenvalue weighted by Crippen LogP contribution is -2.47. The molecule has 31 heavy (non-hydrogen) atoms. The Balaban J connectivity index is 1.37. The number of hydrogen-bond donors (Lipinski definition) is 1. The second-order valence-corrected chi connectivity index (χ2v) is 9.22. The minimum atomic E-state index is -0.718. The van der Waals surface area contributed by atoms with Gasteiger partial charge in [0, 0.05) is 45.2 Å². The molecule has 4 rings (SSSR count). The Morgan fingerprint density at radius 2 is 2.06 bits per heavy atom. The van der Waals surface area contributed by atoms with E-state index in [0.29, 0.717) is 38.6 Å². The van der Waals surface area contributed by atoms with Gasteiger partial charge in [0.25, 0.3) is 0 Å². The van der Waals surface area contributed by atoms with Crippen LogP contribution in [0.25, 0.3) is 0 Å². The van der Waals surface area contributed by atoms with Gasteiger partial charge in [0.05, 0.1) is 18.6 Å². The first-order valence-corrected chi connectivity index (χ1v) is 11.5. The van der Waals surface area contributed by atoms with Crippen LogP contribution in [0.5, 0.6) is 5.75 Å². The number of piperidine rings is 1. The van der Waals surface area contributed by atoms with Crippen molar-refractivity contribution in [3.63, 3.8) is 0 Å². The van der Waals surface area contributed by atoms with Gasteiger partial charge in [-0.1, -0.05) is 12.1 Å². The van der Waals surface area contributed by atoms with Gasteiger partial charge in [-0.3, -0.25) is 9.59 Å². The van der Waals surface area contributed by atoms with E-state index in [1.54, 1.807) is 7.11 Å². The minimum absolute atomic E-state index is 0.00208. The van der Waals surface area contributed by atoms with Gasteiger partial charge in [0.15, 0.2) is 0 Å². The topological polar surface area (TPSA) is 71.1 Å². The molecule has 0 spiro atoms.